The summed E-state index contributed by atoms with van der Waals surface area (Å²) in [5.41, 5.74) is 1.38. The number of carboxylic acid groups (broad SMARTS) is 1. The zero-order valence-electron chi connectivity index (χ0n) is 13.7. The van der Waals surface area contributed by atoms with Crippen LogP contribution in [0.4, 0.5) is 0 Å². The molecular weight excluding hydrogens is 320 g/mol. The highest BCUT2D eigenvalue weighted by atomic mass is 16.5. The number of ether oxygens (including phenoxy) is 1. The summed E-state index contributed by atoms with van der Waals surface area (Å²) >= 11 is 0. The van der Waals surface area contributed by atoms with Crippen molar-refractivity contribution in [3.63, 3.8) is 0 Å². The van der Waals surface area contributed by atoms with E-state index < -0.39 is 12.0 Å². The van der Waals surface area contributed by atoms with Crippen molar-refractivity contribution in [3.8, 4) is 5.75 Å². The van der Waals surface area contributed by atoms with Crippen LogP contribution in [0, 0.1) is 0 Å². The van der Waals surface area contributed by atoms with Gasteiger partial charge in [0.15, 0.2) is 6.04 Å². The molecule has 0 bridgehead atoms. The van der Waals surface area contributed by atoms with Crippen molar-refractivity contribution in [2.24, 2.45) is 0 Å². The predicted molar refractivity (Wildman–Crippen MR) is 93.5 cm³/mol. The number of hydrogen-bond donors (Lipinski definition) is 2. The van der Waals surface area contributed by atoms with Gasteiger partial charge < -0.3 is 19.7 Å². The first kappa shape index (κ1) is 16.6. The van der Waals surface area contributed by atoms with Gasteiger partial charge in [0.25, 0.3) is 0 Å². The van der Waals surface area contributed by atoms with E-state index in [0.717, 1.165) is 16.7 Å². The van der Waals surface area contributed by atoms with Gasteiger partial charge in [-0.2, -0.15) is 0 Å². The summed E-state index contributed by atoms with van der Waals surface area (Å²) in [6, 6.07) is 15.0. The molecule has 0 aliphatic rings. The number of amides is 1. The number of aliphatic carboxylic acids is 1. The number of nitrogens with zero attached hydrogens (tertiary/aromatic N) is 1. The summed E-state index contributed by atoms with van der Waals surface area (Å²) < 4.78 is 7.07. The second-order valence-electron chi connectivity index (χ2n) is 5.59. The van der Waals surface area contributed by atoms with Crippen molar-refractivity contribution >= 4 is 22.8 Å². The van der Waals surface area contributed by atoms with E-state index in [0.29, 0.717) is 5.56 Å². The highest BCUT2D eigenvalue weighted by Gasteiger charge is 2.22. The van der Waals surface area contributed by atoms with Crippen molar-refractivity contribution in [2.45, 2.75) is 12.6 Å². The highest BCUT2D eigenvalue weighted by molar-refractivity contribution is 5.89. The molecule has 1 aromatic heterocycles. The highest BCUT2D eigenvalue weighted by Crippen LogP contribution is 2.26. The molecule has 0 unspecified atom stereocenters. The van der Waals surface area contributed by atoms with Crippen LogP contribution in [0.15, 0.2) is 60.8 Å². The summed E-state index contributed by atoms with van der Waals surface area (Å²) in [6.07, 6.45) is 1.78. The normalized spacial score (nSPS) is 11.9. The number of carbonyl (C=O) groups excluding carboxylic acids is 1. The molecule has 1 amide bonds. The average molecular weight is 338 g/mol. The standard InChI is InChI=1S/C19H18N2O4/c1-25-16-9-5-8-15-14(16)10-11-21(15)12-17(22)20-18(19(23)24)13-6-3-2-4-7-13/h2-11,18H,12H2,1H3,(H,20,22)(H,23,24)/t18-/m1/s1. The molecule has 6 nitrogen and oxygen atoms in total. The fourth-order valence-electron chi connectivity index (χ4n) is 2.81. The third kappa shape index (κ3) is 3.47. The lowest BCUT2D eigenvalue weighted by Crippen LogP contribution is -2.35. The van der Waals surface area contributed by atoms with Gasteiger partial charge in [0, 0.05) is 11.6 Å². The minimum atomic E-state index is -1.10. The van der Waals surface area contributed by atoms with E-state index in [-0.39, 0.29) is 12.5 Å². The van der Waals surface area contributed by atoms with E-state index >= 15 is 0 Å². The third-order valence-electron chi connectivity index (χ3n) is 3.99. The predicted octanol–water partition coefficient (Wildman–Crippen LogP) is 2.59. The maximum absolute atomic E-state index is 12.4. The van der Waals surface area contributed by atoms with Gasteiger partial charge >= 0.3 is 5.97 Å². The molecule has 0 aliphatic carbocycles. The molecule has 3 rings (SSSR count). The van der Waals surface area contributed by atoms with E-state index in [1.54, 1.807) is 48.2 Å². The summed E-state index contributed by atoms with van der Waals surface area (Å²) in [7, 11) is 1.59. The van der Waals surface area contributed by atoms with Crippen LogP contribution in [0.2, 0.25) is 0 Å². The quantitative estimate of drug-likeness (QED) is 0.724. The third-order valence-corrected chi connectivity index (χ3v) is 3.99. The molecule has 128 valence electrons. The fraction of sp³-hybridized carbons (Fsp3) is 0.158. The van der Waals surface area contributed by atoms with Gasteiger partial charge in [-0.05, 0) is 23.8 Å². The van der Waals surface area contributed by atoms with Crippen molar-refractivity contribution in [3.05, 3.63) is 66.4 Å². The average Bonchev–Trinajstić information content (AvgIpc) is 3.03. The second-order valence-corrected chi connectivity index (χ2v) is 5.59. The van der Waals surface area contributed by atoms with Crippen molar-refractivity contribution < 1.29 is 19.4 Å². The molecule has 1 atom stereocenters. The minimum Gasteiger partial charge on any atom is -0.496 e. The SMILES string of the molecule is COc1cccc2c1ccn2CC(=O)N[C@@H](C(=O)O)c1ccccc1. The number of nitrogens with one attached hydrogen (secondary N) is 1. The Morgan fingerprint density at radius 1 is 1.12 bits per heavy atom. The maximum atomic E-state index is 12.4. The van der Waals surface area contributed by atoms with Crippen LogP contribution >= 0.6 is 0 Å². The van der Waals surface area contributed by atoms with Crippen LogP contribution in [0.25, 0.3) is 10.9 Å². The van der Waals surface area contributed by atoms with Gasteiger partial charge in [-0.25, -0.2) is 4.79 Å². The first-order valence-corrected chi connectivity index (χ1v) is 7.79. The Hall–Kier alpha value is -3.28. The molecule has 0 saturated heterocycles. The lowest BCUT2D eigenvalue weighted by molar-refractivity contribution is -0.142. The van der Waals surface area contributed by atoms with Gasteiger partial charge in [0.05, 0.1) is 12.6 Å². The van der Waals surface area contributed by atoms with Gasteiger partial charge in [-0.3, -0.25) is 4.79 Å². The summed E-state index contributed by atoms with van der Waals surface area (Å²) in [4.78, 5) is 23.9. The lowest BCUT2D eigenvalue weighted by atomic mass is 10.1. The molecule has 3 aromatic rings. The van der Waals surface area contributed by atoms with Crippen LogP contribution in [0.3, 0.4) is 0 Å². The van der Waals surface area contributed by atoms with E-state index in [1.165, 1.54) is 0 Å². The van der Waals surface area contributed by atoms with Crippen LogP contribution in [-0.4, -0.2) is 28.7 Å². The van der Waals surface area contributed by atoms with Crippen molar-refractivity contribution in [1.29, 1.82) is 0 Å². The van der Waals surface area contributed by atoms with Crippen LogP contribution in [0.1, 0.15) is 11.6 Å². The Bertz CT molecular complexity index is 902. The minimum absolute atomic E-state index is 0.0211. The number of methoxy groups -OCH3 is 1. The van der Waals surface area contributed by atoms with Gasteiger partial charge in [-0.1, -0.05) is 36.4 Å². The fourth-order valence-corrected chi connectivity index (χ4v) is 2.81. The second kappa shape index (κ2) is 7.09. The van der Waals surface area contributed by atoms with Gasteiger partial charge in [0.1, 0.15) is 12.3 Å². The number of fused-ring (bicyclic) bond motifs is 1. The van der Waals surface area contributed by atoms with Crippen molar-refractivity contribution in [2.75, 3.05) is 7.11 Å². The summed E-state index contributed by atoms with van der Waals surface area (Å²) in [6.45, 7) is 0.0211. The largest absolute Gasteiger partial charge is 0.496 e. The summed E-state index contributed by atoms with van der Waals surface area (Å²) in [5.74, 6) is -0.750. The van der Waals surface area contributed by atoms with E-state index in [9.17, 15) is 14.7 Å². The first-order chi connectivity index (χ1) is 12.1. The Labute approximate surface area is 144 Å². The molecule has 2 N–H and O–H groups in total. The van der Waals surface area contributed by atoms with E-state index in [4.69, 9.17) is 4.74 Å². The number of benzene rings is 2. The zero-order chi connectivity index (χ0) is 17.8. The molecule has 0 spiro atoms. The Morgan fingerprint density at radius 3 is 2.56 bits per heavy atom. The Kier molecular flexibility index (Phi) is 4.70. The van der Waals surface area contributed by atoms with Crippen LogP contribution in [-0.2, 0) is 16.1 Å². The topological polar surface area (TPSA) is 80.6 Å². The molecule has 25 heavy (non-hydrogen) atoms. The molecule has 0 aliphatic heterocycles. The molecule has 1 heterocycles. The number of hydrogen-bond acceptors (Lipinski definition) is 3. The van der Waals surface area contributed by atoms with Gasteiger partial charge in [-0.15, -0.1) is 0 Å². The monoisotopic (exact) mass is 338 g/mol. The lowest BCUT2D eigenvalue weighted by Gasteiger charge is -2.15. The Morgan fingerprint density at radius 2 is 1.88 bits per heavy atom. The van der Waals surface area contributed by atoms with Crippen LogP contribution in [0.5, 0.6) is 5.75 Å². The maximum Gasteiger partial charge on any atom is 0.330 e. The first-order valence-electron chi connectivity index (χ1n) is 7.79. The zero-order valence-corrected chi connectivity index (χ0v) is 13.7. The van der Waals surface area contributed by atoms with Crippen LogP contribution < -0.4 is 10.1 Å². The molecule has 0 saturated carbocycles. The molecular formula is C19H18N2O4. The molecule has 6 heteroatoms. The molecule has 0 radical (unpaired) electrons. The molecule has 2 aromatic carbocycles. The smallest absolute Gasteiger partial charge is 0.330 e. The van der Waals surface area contributed by atoms with E-state index in [1.807, 2.05) is 24.3 Å². The van der Waals surface area contributed by atoms with Gasteiger partial charge in [0.2, 0.25) is 5.91 Å². The number of carboxylic acids is 1. The molecule has 0 fully saturated rings. The number of rotatable bonds is 6. The number of aromatic nitrogens is 1. The van der Waals surface area contributed by atoms with Crippen molar-refractivity contribution in [1.82, 2.24) is 9.88 Å². The Balaban J connectivity index is 1.79. The van der Waals surface area contributed by atoms with E-state index in [2.05, 4.69) is 5.32 Å². The number of carbonyl (C=O) groups is 2. The summed E-state index contributed by atoms with van der Waals surface area (Å²) in [5, 5.41) is 12.9.